The van der Waals surface area contributed by atoms with Gasteiger partial charge < -0.3 is 20.1 Å². The summed E-state index contributed by atoms with van der Waals surface area (Å²) in [5.74, 6) is 0.324. The lowest BCUT2D eigenvalue weighted by Crippen LogP contribution is -2.37. The predicted molar refractivity (Wildman–Crippen MR) is 82.3 cm³/mol. The minimum atomic E-state index is -0.250. The van der Waals surface area contributed by atoms with Crippen molar-refractivity contribution in [2.75, 3.05) is 20.2 Å². The Hall–Kier alpha value is -2.64. The van der Waals surface area contributed by atoms with E-state index in [0.29, 0.717) is 24.4 Å². The van der Waals surface area contributed by atoms with Crippen LogP contribution in [-0.2, 0) is 9.59 Å². The largest absolute Gasteiger partial charge is 0.494 e. The molecular formula is C15H21N3O5. The first-order valence-electron chi connectivity index (χ1n) is 7.07. The van der Waals surface area contributed by atoms with Gasteiger partial charge in [-0.15, -0.1) is 0 Å². The van der Waals surface area contributed by atoms with Gasteiger partial charge in [-0.25, -0.2) is 0 Å². The molecule has 2 amide bonds. The van der Waals surface area contributed by atoms with Crippen LogP contribution < -0.4 is 10.1 Å². The molecular weight excluding hydrogens is 302 g/mol. The van der Waals surface area contributed by atoms with E-state index in [4.69, 9.17) is 14.6 Å². The molecule has 1 fully saturated rings. The Morgan fingerprint density at radius 3 is 2.74 bits per heavy atom. The molecule has 1 aliphatic heterocycles. The van der Waals surface area contributed by atoms with Crippen LogP contribution in [0.25, 0.3) is 0 Å². The zero-order chi connectivity index (χ0) is 17.4. The van der Waals surface area contributed by atoms with Crippen molar-refractivity contribution in [1.29, 1.82) is 0 Å². The summed E-state index contributed by atoms with van der Waals surface area (Å²) in [6.45, 7) is 4.23. The molecule has 1 aromatic heterocycles. The highest BCUT2D eigenvalue weighted by Gasteiger charge is 2.29. The van der Waals surface area contributed by atoms with Gasteiger partial charge in [0.1, 0.15) is 5.75 Å². The smallest absolute Gasteiger partial charge is 0.290 e. The van der Waals surface area contributed by atoms with Crippen LogP contribution in [0.15, 0.2) is 12.3 Å². The summed E-state index contributed by atoms with van der Waals surface area (Å²) in [5, 5.41) is 9.73. The summed E-state index contributed by atoms with van der Waals surface area (Å²) < 4.78 is 5.19. The van der Waals surface area contributed by atoms with Crippen molar-refractivity contribution >= 4 is 18.3 Å². The number of likely N-dealkylation sites (tertiary alicyclic amines) is 1. The number of ether oxygens (including phenoxy) is 1. The van der Waals surface area contributed by atoms with Gasteiger partial charge in [-0.2, -0.15) is 0 Å². The Kier molecular flexibility index (Phi) is 6.98. The van der Waals surface area contributed by atoms with Crippen LogP contribution >= 0.6 is 0 Å². The monoisotopic (exact) mass is 323 g/mol. The Morgan fingerprint density at radius 2 is 2.17 bits per heavy atom. The van der Waals surface area contributed by atoms with E-state index in [1.807, 2.05) is 6.92 Å². The number of nitrogens with one attached hydrogen (secondary N) is 1. The fourth-order valence-corrected chi connectivity index (χ4v) is 2.40. The molecule has 8 heteroatoms. The van der Waals surface area contributed by atoms with Crippen molar-refractivity contribution in [1.82, 2.24) is 15.2 Å². The van der Waals surface area contributed by atoms with Gasteiger partial charge >= 0.3 is 0 Å². The molecule has 0 bridgehead atoms. The number of aromatic nitrogens is 1. The van der Waals surface area contributed by atoms with E-state index >= 15 is 0 Å². The molecule has 0 saturated carbocycles. The quantitative estimate of drug-likeness (QED) is 0.782. The van der Waals surface area contributed by atoms with Crippen molar-refractivity contribution in [2.45, 2.75) is 26.3 Å². The first-order chi connectivity index (χ1) is 10.9. The van der Waals surface area contributed by atoms with Crippen LogP contribution in [0.1, 0.15) is 29.4 Å². The lowest BCUT2D eigenvalue weighted by Gasteiger charge is -2.18. The molecule has 1 aromatic rings. The fraction of sp³-hybridized carbons (Fsp3) is 0.467. The molecule has 126 valence electrons. The molecule has 1 saturated heterocycles. The highest BCUT2D eigenvalue weighted by molar-refractivity contribution is 5.97. The van der Waals surface area contributed by atoms with Gasteiger partial charge in [0.05, 0.1) is 18.9 Å². The molecule has 2 N–H and O–H groups in total. The standard InChI is InChI=1S/C14H19N3O3.CH2O2/c1-9-6-12(13(20-3)7-15-9)14(19)17-5-4-11(8-17)16-10(2)18;2-1-3/h6-7,11H,4-5,8H2,1-3H3,(H,16,18);1H,(H,2,3). The van der Waals surface area contributed by atoms with E-state index in [2.05, 4.69) is 10.3 Å². The van der Waals surface area contributed by atoms with Crippen molar-refractivity contribution in [2.24, 2.45) is 0 Å². The lowest BCUT2D eigenvalue weighted by atomic mass is 10.2. The number of hydrogen-bond donors (Lipinski definition) is 2. The average Bonchev–Trinajstić information content (AvgIpc) is 2.95. The van der Waals surface area contributed by atoms with E-state index in [1.165, 1.54) is 14.0 Å². The number of hydrogen-bond acceptors (Lipinski definition) is 5. The number of pyridine rings is 1. The summed E-state index contributed by atoms with van der Waals surface area (Å²) >= 11 is 0. The Labute approximate surface area is 134 Å². The van der Waals surface area contributed by atoms with E-state index in [9.17, 15) is 9.59 Å². The lowest BCUT2D eigenvalue weighted by molar-refractivity contribution is -0.123. The van der Waals surface area contributed by atoms with Crippen LogP contribution in [0.4, 0.5) is 0 Å². The second kappa shape index (κ2) is 8.72. The normalized spacial score (nSPS) is 16.1. The minimum absolute atomic E-state index is 0.0328. The minimum Gasteiger partial charge on any atom is -0.494 e. The maximum atomic E-state index is 12.5. The second-order valence-electron chi connectivity index (χ2n) is 5.07. The number of nitrogens with zero attached hydrogens (tertiary/aromatic N) is 2. The Balaban J connectivity index is 0.000000816. The molecule has 0 spiro atoms. The number of methoxy groups -OCH3 is 1. The molecule has 0 aromatic carbocycles. The molecule has 2 rings (SSSR count). The number of aryl methyl sites for hydroxylation is 1. The van der Waals surface area contributed by atoms with Gasteiger partial charge in [0, 0.05) is 31.7 Å². The Morgan fingerprint density at radius 1 is 1.52 bits per heavy atom. The van der Waals surface area contributed by atoms with Crippen LogP contribution in [-0.4, -0.2) is 59.5 Å². The molecule has 0 aliphatic carbocycles. The van der Waals surface area contributed by atoms with Crippen molar-refractivity contribution in [3.63, 3.8) is 0 Å². The molecule has 2 heterocycles. The van der Waals surface area contributed by atoms with Gasteiger partial charge in [0.25, 0.3) is 12.4 Å². The third kappa shape index (κ3) is 5.24. The third-order valence-corrected chi connectivity index (χ3v) is 3.34. The van der Waals surface area contributed by atoms with Crippen LogP contribution in [0, 0.1) is 6.92 Å². The number of rotatable bonds is 3. The Bertz CT molecular complexity index is 576. The maximum Gasteiger partial charge on any atom is 0.290 e. The number of carboxylic acid groups (broad SMARTS) is 1. The van der Waals surface area contributed by atoms with E-state index in [-0.39, 0.29) is 24.3 Å². The molecule has 1 atom stereocenters. The topological polar surface area (TPSA) is 109 Å². The van der Waals surface area contributed by atoms with Gasteiger partial charge in [0.2, 0.25) is 5.91 Å². The second-order valence-corrected chi connectivity index (χ2v) is 5.07. The van der Waals surface area contributed by atoms with Gasteiger partial charge in [-0.1, -0.05) is 0 Å². The molecule has 1 unspecified atom stereocenters. The predicted octanol–water partition coefficient (Wildman–Crippen LogP) is 0.450. The third-order valence-electron chi connectivity index (χ3n) is 3.34. The average molecular weight is 323 g/mol. The number of amides is 2. The van der Waals surface area contributed by atoms with Gasteiger partial charge in [-0.05, 0) is 19.4 Å². The maximum absolute atomic E-state index is 12.5. The number of carbonyl (C=O) groups is 3. The summed E-state index contributed by atoms with van der Waals surface area (Å²) in [6.07, 6.45) is 2.33. The molecule has 1 aliphatic rings. The highest BCUT2D eigenvalue weighted by Crippen LogP contribution is 2.22. The van der Waals surface area contributed by atoms with E-state index in [1.54, 1.807) is 17.2 Å². The molecule has 8 nitrogen and oxygen atoms in total. The van der Waals surface area contributed by atoms with Crippen LogP contribution in [0.3, 0.4) is 0 Å². The van der Waals surface area contributed by atoms with E-state index in [0.717, 1.165) is 12.1 Å². The van der Waals surface area contributed by atoms with Crippen molar-refractivity contribution < 1.29 is 24.2 Å². The van der Waals surface area contributed by atoms with Gasteiger partial charge in [-0.3, -0.25) is 19.4 Å². The van der Waals surface area contributed by atoms with Crippen LogP contribution in [0.5, 0.6) is 5.75 Å². The summed E-state index contributed by atoms with van der Waals surface area (Å²) in [4.78, 5) is 37.8. The summed E-state index contributed by atoms with van der Waals surface area (Å²) in [7, 11) is 1.52. The van der Waals surface area contributed by atoms with Crippen molar-refractivity contribution in [3.05, 3.63) is 23.5 Å². The first-order valence-corrected chi connectivity index (χ1v) is 7.07. The van der Waals surface area contributed by atoms with E-state index < -0.39 is 0 Å². The fourth-order valence-electron chi connectivity index (χ4n) is 2.40. The van der Waals surface area contributed by atoms with Crippen LogP contribution in [0.2, 0.25) is 0 Å². The summed E-state index contributed by atoms with van der Waals surface area (Å²) in [6, 6.07) is 1.76. The molecule has 0 radical (unpaired) electrons. The first kappa shape index (κ1) is 18.4. The zero-order valence-corrected chi connectivity index (χ0v) is 13.4. The van der Waals surface area contributed by atoms with Crippen molar-refractivity contribution in [3.8, 4) is 5.75 Å². The summed E-state index contributed by atoms with van der Waals surface area (Å²) in [5.41, 5.74) is 1.29. The SMILES string of the molecule is COc1cnc(C)cc1C(=O)N1CCC(NC(C)=O)C1.O=CO. The molecule has 23 heavy (non-hydrogen) atoms. The number of carbonyl (C=O) groups excluding carboxylic acids is 2. The van der Waals surface area contributed by atoms with Gasteiger partial charge in [0.15, 0.2) is 0 Å². The zero-order valence-electron chi connectivity index (χ0n) is 13.4. The highest BCUT2D eigenvalue weighted by atomic mass is 16.5.